The van der Waals surface area contributed by atoms with E-state index in [2.05, 4.69) is 17.1 Å². The van der Waals surface area contributed by atoms with Gasteiger partial charge in [-0.1, -0.05) is 60.7 Å². The van der Waals surface area contributed by atoms with E-state index in [4.69, 9.17) is 9.47 Å². The van der Waals surface area contributed by atoms with Crippen molar-refractivity contribution in [3.05, 3.63) is 93.1 Å². The van der Waals surface area contributed by atoms with Crippen LogP contribution in [0.5, 0.6) is 11.5 Å². The van der Waals surface area contributed by atoms with Crippen LogP contribution in [0, 0.1) is 5.82 Å². The molecule has 41 heavy (non-hydrogen) atoms. The number of ketones is 1. The van der Waals surface area contributed by atoms with Crippen molar-refractivity contribution < 1.29 is 28.6 Å². The van der Waals surface area contributed by atoms with Gasteiger partial charge in [0, 0.05) is 5.75 Å². The zero-order valence-electron chi connectivity index (χ0n) is 22.2. The van der Waals surface area contributed by atoms with Gasteiger partial charge < -0.3 is 14.6 Å². The number of hydrogen-bond donors (Lipinski definition) is 1. The predicted molar refractivity (Wildman–Crippen MR) is 158 cm³/mol. The number of hydrogen-bond acceptors (Lipinski definition) is 10. The van der Waals surface area contributed by atoms with Crippen LogP contribution in [-0.2, 0) is 10.5 Å². The molecule has 4 aromatic rings. The Labute approximate surface area is 248 Å². The second kappa shape index (κ2) is 12.8. The normalized spacial score (nSPS) is 15.0. The van der Waals surface area contributed by atoms with Gasteiger partial charge in [0.15, 0.2) is 21.6 Å². The first-order chi connectivity index (χ1) is 19.9. The van der Waals surface area contributed by atoms with E-state index in [1.54, 1.807) is 47.8 Å². The molecule has 5 rings (SSSR count). The Morgan fingerprint density at radius 3 is 2.66 bits per heavy atom. The Balaban J connectivity index is 1.50. The Kier molecular flexibility index (Phi) is 9.01. The molecule has 0 saturated carbocycles. The number of nitrogens with zero attached hydrogens (tertiary/aromatic N) is 3. The van der Waals surface area contributed by atoms with E-state index in [9.17, 15) is 19.1 Å². The van der Waals surface area contributed by atoms with Crippen molar-refractivity contribution in [2.24, 2.45) is 0 Å². The molecule has 1 aliphatic heterocycles. The third kappa shape index (κ3) is 6.14. The molecule has 3 heterocycles. The number of aliphatic hydroxyl groups excluding tert-OH is 1. The van der Waals surface area contributed by atoms with Crippen LogP contribution in [0.4, 0.5) is 9.52 Å². The van der Waals surface area contributed by atoms with Crippen molar-refractivity contribution >= 4 is 51.3 Å². The lowest BCUT2D eigenvalue weighted by Gasteiger charge is -2.24. The summed E-state index contributed by atoms with van der Waals surface area (Å²) in [7, 11) is 1.52. The van der Waals surface area contributed by atoms with Gasteiger partial charge in [0.05, 0.1) is 30.2 Å². The largest absolute Gasteiger partial charge is 0.503 e. The minimum atomic E-state index is -0.974. The van der Waals surface area contributed by atoms with E-state index in [0.29, 0.717) is 38.6 Å². The standard InChI is InChI=1S/C29H26FN3O5S3/c1-3-4-13-38-20-12-9-18(15-21(20)37-2)24-23(25(34)22-6-5-14-39-22)26(35)27(36)33(24)28-31-32-29(41-28)40-16-17-7-10-19(30)11-8-17/h5-12,14-15,24,35H,3-4,13,16H2,1-2H3. The van der Waals surface area contributed by atoms with E-state index in [-0.39, 0.29) is 16.5 Å². The molecule has 1 N–H and O–H groups in total. The van der Waals surface area contributed by atoms with Crippen molar-refractivity contribution in [2.45, 2.75) is 35.9 Å². The van der Waals surface area contributed by atoms with Gasteiger partial charge in [0.1, 0.15) is 5.82 Å². The molecular formula is C29H26FN3O5S3. The summed E-state index contributed by atoms with van der Waals surface area (Å²) in [5.74, 6) is -0.642. The number of methoxy groups -OCH3 is 1. The fourth-order valence-electron chi connectivity index (χ4n) is 4.27. The van der Waals surface area contributed by atoms with Gasteiger partial charge in [-0.25, -0.2) is 4.39 Å². The zero-order valence-corrected chi connectivity index (χ0v) is 24.7. The van der Waals surface area contributed by atoms with E-state index in [0.717, 1.165) is 29.7 Å². The molecule has 12 heteroatoms. The lowest BCUT2D eigenvalue weighted by atomic mass is 9.95. The van der Waals surface area contributed by atoms with Crippen LogP contribution in [0.2, 0.25) is 0 Å². The molecule has 0 aliphatic carbocycles. The molecular weight excluding hydrogens is 586 g/mol. The van der Waals surface area contributed by atoms with Crippen LogP contribution in [0.25, 0.3) is 0 Å². The Morgan fingerprint density at radius 2 is 1.95 bits per heavy atom. The number of carbonyl (C=O) groups excluding carboxylic acids is 2. The Morgan fingerprint density at radius 1 is 1.15 bits per heavy atom. The second-order valence-corrected chi connectivity index (χ2v) is 12.2. The maximum atomic E-state index is 13.6. The first-order valence-electron chi connectivity index (χ1n) is 12.8. The molecule has 1 unspecified atom stereocenters. The van der Waals surface area contributed by atoms with Gasteiger partial charge in [-0.05, 0) is 53.3 Å². The molecule has 8 nitrogen and oxygen atoms in total. The monoisotopic (exact) mass is 611 g/mol. The van der Waals surface area contributed by atoms with E-state index < -0.39 is 23.5 Å². The number of aliphatic hydroxyl groups is 1. The smallest absolute Gasteiger partial charge is 0.296 e. The number of ether oxygens (including phenoxy) is 2. The molecule has 0 bridgehead atoms. The van der Waals surface area contributed by atoms with Crippen LogP contribution in [0.15, 0.2) is 75.6 Å². The van der Waals surface area contributed by atoms with Gasteiger partial charge in [-0.3, -0.25) is 14.5 Å². The summed E-state index contributed by atoms with van der Waals surface area (Å²) in [4.78, 5) is 28.8. The molecule has 1 aliphatic rings. The number of thiophene rings is 1. The van der Waals surface area contributed by atoms with Gasteiger partial charge in [-0.2, -0.15) is 0 Å². The molecule has 2 aromatic carbocycles. The summed E-state index contributed by atoms with van der Waals surface area (Å²) in [5, 5.41) is 21.5. The summed E-state index contributed by atoms with van der Waals surface area (Å²) in [6, 6.07) is 13.8. The lowest BCUT2D eigenvalue weighted by molar-refractivity contribution is -0.117. The third-order valence-corrected chi connectivity index (χ3v) is 9.33. The van der Waals surface area contributed by atoms with Gasteiger partial charge >= 0.3 is 0 Å². The first kappa shape index (κ1) is 28.8. The Bertz CT molecular complexity index is 1570. The summed E-state index contributed by atoms with van der Waals surface area (Å²) < 4.78 is 25.3. The number of thioether (sulfide) groups is 1. The molecule has 0 spiro atoms. The van der Waals surface area contributed by atoms with Crippen molar-refractivity contribution in [1.82, 2.24) is 10.2 Å². The highest BCUT2D eigenvalue weighted by Crippen LogP contribution is 2.45. The maximum absolute atomic E-state index is 13.6. The van der Waals surface area contributed by atoms with Gasteiger partial charge in [0.25, 0.3) is 5.91 Å². The molecule has 1 amide bonds. The average molecular weight is 612 g/mol. The Hall–Kier alpha value is -3.74. The summed E-state index contributed by atoms with van der Waals surface area (Å²) in [6.07, 6.45) is 1.86. The zero-order chi connectivity index (χ0) is 28.9. The quantitative estimate of drug-likeness (QED) is 0.0791. The predicted octanol–water partition coefficient (Wildman–Crippen LogP) is 7.00. The van der Waals surface area contributed by atoms with E-state index in [1.165, 1.54) is 47.2 Å². The summed E-state index contributed by atoms with van der Waals surface area (Å²) >= 11 is 3.78. The van der Waals surface area contributed by atoms with Crippen LogP contribution >= 0.6 is 34.4 Å². The minimum Gasteiger partial charge on any atom is -0.503 e. The van der Waals surface area contributed by atoms with Crippen molar-refractivity contribution in [2.75, 3.05) is 18.6 Å². The van der Waals surface area contributed by atoms with Gasteiger partial charge in [-0.15, -0.1) is 21.5 Å². The number of benzene rings is 2. The maximum Gasteiger partial charge on any atom is 0.296 e. The first-order valence-corrected chi connectivity index (χ1v) is 15.5. The molecule has 0 radical (unpaired) electrons. The SMILES string of the molecule is CCCCOc1ccc(C2C(C(=O)c3cccs3)=C(O)C(=O)N2c2nnc(SCc3ccc(F)cc3)s2)cc1OC. The summed E-state index contributed by atoms with van der Waals surface area (Å²) in [5.41, 5.74) is 1.40. The van der Waals surface area contributed by atoms with Crippen LogP contribution in [0.3, 0.4) is 0 Å². The number of amides is 1. The minimum absolute atomic E-state index is 0.0464. The highest BCUT2D eigenvalue weighted by Gasteiger charge is 2.46. The van der Waals surface area contributed by atoms with E-state index in [1.807, 2.05) is 0 Å². The highest BCUT2D eigenvalue weighted by atomic mass is 32.2. The highest BCUT2D eigenvalue weighted by molar-refractivity contribution is 8.00. The fourth-order valence-corrected chi connectivity index (χ4v) is 6.78. The fraction of sp³-hybridized carbons (Fsp3) is 0.241. The molecule has 212 valence electrons. The van der Waals surface area contributed by atoms with Crippen LogP contribution in [-0.4, -0.2) is 40.7 Å². The number of anilines is 1. The second-order valence-electron chi connectivity index (χ2n) is 9.02. The molecule has 0 saturated heterocycles. The molecule has 1 atom stereocenters. The average Bonchev–Trinajstić information content (AvgIpc) is 3.74. The topological polar surface area (TPSA) is 102 Å². The van der Waals surface area contributed by atoms with Crippen LogP contribution < -0.4 is 14.4 Å². The van der Waals surface area contributed by atoms with E-state index >= 15 is 0 Å². The number of halogens is 1. The van der Waals surface area contributed by atoms with Crippen molar-refractivity contribution in [3.8, 4) is 11.5 Å². The van der Waals surface area contributed by atoms with Crippen molar-refractivity contribution in [3.63, 3.8) is 0 Å². The molecule has 0 fully saturated rings. The third-order valence-electron chi connectivity index (χ3n) is 6.33. The number of unbranched alkanes of at least 4 members (excludes halogenated alkanes) is 1. The lowest BCUT2D eigenvalue weighted by Crippen LogP contribution is -2.31. The number of rotatable bonds is 12. The van der Waals surface area contributed by atoms with Gasteiger partial charge in [0.2, 0.25) is 10.9 Å². The van der Waals surface area contributed by atoms with Crippen molar-refractivity contribution in [1.29, 1.82) is 0 Å². The number of Topliss-reactive ketones (excluding diaryl/α,β-unsaturated/α-hetero) is 1. The number of aromatic nitrogens is 2. The molecule has 2 aromatic heterocycles. The van der Waals surface area contributed by atoms with Crippen LogP contribution in [0.1, 0.15) is 46.6 Å². The number of carbonyl (C=O) groups is 2. The summed E-state index contributed by atoms with van der Waals surface area (Å²) in [6.45, 7) is 2.59.